The largest absolute Gasteiger partial charge is 0.353 e. The molecule has 1 heterocycles. The van der Waals surface area contributed by atoms with Gasteiger partial charge in [-0.15, -0.1) is 0 Å². The van der Waals surface area contributed by atoms with Crippen molar-refractivity contribution in [2.75, 3.05) is 26.2 Å². The lowest BCUT2D eigenvalue weighted by Crippen LogP contribution is -2.42. The van der Waals surface area contributed by atoms with E-state index in [4.69, 9.17) is 0 Å². The fourth-order valence-corrected chi connectivity index (χ4v) is 2.80. The van der Waals surface area contributed by atoms with Gasteiger partial charge in [0.2, 0.25) is 11.8 Å². The van der Waals surface area contributed by atoms with Crippen LogP contribution in [0.1, 0.15) is 38.5 Å². The molecule has 0 radical (unpaired) electrons. The van der Waals surface area contributed by atoms with Crippen LogP contribution in [0.25, 0.3) is 0 Å². The first-order valence-corrected chi connectivity index (χ1v) is 7.74. The van der Waals surface area contributed by atoms with Gasteiger partial charge in [-0.05, 0) is 12.8 Å². The fraction of sp³-hybridized carbons (Fsp3) is 0.786. The molecule has 118 valence electrons. The molecule has 1 aliphatic heterocycles. The first-order chi connectivity index (χ1) is 10.1. The number of imide groups is 1. The Morgan fingerprint density at radius 2 is 1.86 bits per heavy atom. The summed E-state index contributed by atoms with van der Waals surface area (Å²) in [5.74, 6) is -0.592. The van der Waals surface area contributed by atoms with Crippen molar-refractivity contribution in [3.63, 3.8) is 0 Å². The summed E-state index contributed by atoms with van der Waals surface area (Å²) >= 11 is 0. The molecule has 7 heteroatoms. The predicted molar refractivity (Wildman–Crippen MR) is 77.6 cm³/mol. The van der Waals surface area contributed by atoms with E-state index in [1.165, 1.54) is 43.4 Å². The second-order valence-corrected chi connectivity index (χ2v) is 5.70. The molecule has 0 aromatic carbocycles. The average molecular weight is 296 g/mol. The Morgan fingerprint density at radius 1 is 1.14 bits per heavy atom. The summed E-state index contributed by atoms with van der Waals surface area (Å²) in [4.78, 5) is 35.2. The van der Waals surface area contributed by atoms with Gasteiger partial charge in [-0.3, -0.25) is 14.9 Å². The van der Waals surface area contributed by atoms with Crippen molar-refractivity contribution >= 4 is 17.8 Å². The molecule has 3 N–H and O–H groups in total. The van der Waals surface area contributed by atoms with Gasteiger partial charge in [0.25, 0.3) is 0 Å². The van der Waals surface area contributed by atoms with Crippen LogP contribution >= 0.6 is 0 Å². The summed E-state index contributed by atoms with van der Waals surface area (Å²) in [7, 11) is 0. The van der Waals surface area contributed by atoms with E-state index in [9.17, 15) is 14.4 Å². The summed E-state index contributed by atoms with van der Waals surface area (Å²) in [6, 6.07) is 0.0677. The molecule has 2 rings (SSSR count). The van der Waals surface area contributed by atoms with E-state index in [0.29, 0.717) is 12.6 Å². The van der Waals surface area contributed by atoms with Gasteiger partial charge < -0.3 is 15.5 Å². The zero-order valence-electron chi connectivity index (χ0n) is 12.3. The van der Waals surface area contributed by atoms with Crippen molar-refractivity contribution in [3.05, 3.63) is 0 Å². The molecule has 4 amide bonds. The molecule has 2 aliphatic rings. The van der Waals surface area contributed by atoms with Gasteiger partial charge in [0.05, 0.1) is 0 Å². The Kier molecular flexibility index (Phi) is 5.98. The molecule has 0 aromatic rings. The minimum atomic E-state index is -0.494. The van der Waals surface area contributed by atoms with Crippen LogP contribution in [-0.4, -0.2) is 55.0 Å². The molecule has 1 aliphatic carbocycles. The highest BCUT2D eigenvalue weighted by molar-refractivity contribution is 6.03. The van der Waals surface area contributed by atoms with Crippen molar-refractivity contribution < 1.29 is 14.4 Å². The van der Waals surface area contributed by atoms with Crippen LogP contribution in [0, 0.1) is 0 Å². The molecule has 0 atom stereocenters. The highest BCUT2D eigenvalue weighted by Crippen LogP contribution is 2.16. The standard InChI is InChI=1S/C14H24N4O3/c19-12(9-18-10-13(20)17-14(18)21)16-8-7-15-11-5-3-1-2-4-6-11/h11,15H,1-10H2,(H,16,19)(H,17,20,21). The van der Waals surface area contributed by atoms with E-state index in [-0.39, 0.29) is 24.9 Å². The zero-order chi connectivity index (χ0) is 15.1. The van der Waals surface area contributed by atoms with Gasteiger partial charge in [-0.25, -0.2) is 4.79 Å². The number of amides is 4. The Morgan fingerprint density at radius 3 is 2.48 bits per heavy atom. The topological polar surface area (TPSA) is 90.5 Å². The first-order valence-electron chi connectivity index (χ1n) is 7.74. The molecule has 1 saturated heterocycles. The van der Waals surface area contributed by atoms with Gasteiger partial charge >= 0.3 is 6.03 Å². The number of nitrogens with zero attached hydrogens (tertiary/aromatic N) is 1. The number of hydrogen-bond donors (Lipinski definition) is 3. The van der Waals surface area contributed by atoms with Crippen molar-refractivity contribution in [1.29, 1.82) is 0 Å². The number of urea groups is 1. The van der Waals surface area contributed by atoms with E-state index < -0.39 is 6.03 Å². The van der Waals surface area contributed by atoms with Crippen LogP contribution in [0.15, 0.2) is 0 Å². The van der Waals surface area contributed by atoms with E-state index >= 15 is 0 Å². The van der Waals surface area contributed by atoms with Crippen LogP contribution in [0.2, 0.25) is 0 Å². The van der Waals surface area contributed by atoms with Crippen LogP contribution in [0.5, 0.6) is 0 Å². The second-order valence-electron chi connectivity index (χ2n) is 5.70. The molecule has 2 fully saturated rings. The lowest BCUT2D eigenvalue weighted by Gasteiger charge is -2.17. The number of carbonyl (C=O) groups excluding carboxylic acids is 3. The zero-order valence-corrected chi connectivity index (χ0v) is 12.3. The molecule has 0 aromatic heterocycles. The average Bonchev–Trinajstić information content (AvgIpc) is 2.67. The molecule has 7 nitrogen and oxygen atoms in total. The van der Waals surface area contributed by atoms with Crippen molar-refractivity contribution in [3.8, 4) is 0 Å². The van der Waals surface area contributed by atoms with Crippen molar-refractivity contribution in [2.24, 2.45) is 0 Å². The van der Waals surface area contributed by atoms with Crippen molar-refractivity contribution in [1.82, 2.24) is 20.9 Å². The monoisotopic (exact) mass is 296 g/mol. The highest BCUT2D eigenvalue weighted by atomic mass is 16.2. The van der Waals surface area contributed by atoms with Gasteiger partial charge in [-0.2, -0.15) is 0 Å². The molecule has 0 spiro atoms. The maximum absolute atomic E-state index is 11.7. The minimum absolute atomic E-state index is 0.0351. The molecular formula is C14H24N4O3. The summed E-state index contributed by atoms with van der Waals surface area (Å²) in [6.45, 7) is 1.17. The Hall–Kier alpha value is -1.63. The Bertz CT molecular complexity index is 392. The smallest absolute Gasteiger partial charge is 0.325 e. The highest BCUT2D eigenvalue weighted by Gasteiger charge is 2.27. The number of rotatable bonds is 6. The van der Waals surface area contributed by atoms with E-state index in [0.717, 1.165) is 6.54 Å². The van der Waals surface area contributed by atoms with Gasteiger partial charge in [-0.1, -0.05) is 25.7 Å². The van der Waals surface area contributed by atoms with Gasteiger partial charge in [0, 0.05) is 19.1 Å². The first kappa shape index (κ1) is 15.8. The lowest BCUT2D eigenvalue weighted by molar-refractivity contribution is -0.121. The molecule has 1 saturated carbocycles. The van der Waals surface area contributed by atoms with Gasteiger partial charge in [0.1, 0.15) is 13.1 Å². The van der Waals surface area contributed by atoms with Crippen molar-refractivity contribution in [2.45, 2.75) is 44.6 Å². The molecular weight excluding hydrogens is 272 g/mol. The van der Waals surface area contributed by atoms with Crippen LogP contribution in [0.3, 0.4) is 0 Å². The number of nitrogens with one attached hydrogen (secondary N) is 3. The predicted octanol–water partition coefficient (Wildman–Crippen LogP) is -0.0332. The maximum Gasteiger partial charge on any atom is 0.325 e. The summed E-state index contributed by atoms with van der Waals surface area (Å²) in [5.41, 5.74) is 0. The quantitative estimate of drug-likeness (QED) is 0.365. The molecule has 0 unspecified atom stereocenters. The lowest BCUT2D eigenvalue weighted by atomic mass is 10.1. The SMILES string of the molecule is O=C(CN1CC(=O)NC1=O)NCCNC1CCCCCC1. The van der Waals surface area contributed by atoms with E-state index in [2.05, 4.69) is 16.0 Å². The summed E-state index contributed by atoms with van der Waals surface area (Å²) in [5, 5.41) is 8.37. The Labute approximate surface area is 124 Å². The summed E-state index contributed by atoms with van der Waals surface area (Å²) in [6.07, 6.45) is 7.63. The molecule has 0 bridgehead atoms. The second kappa shape index (κ2) is 7.97. The number of hydrogen-bond acceptors (Lipinski definition) is 4. The third kappa shape index (κ3) is 5.34. The number of carbonyl (C=O) groups is 3. The van der Waals surface area contributed by atoms with Crippen LogP contribution in [-0.2, 0) is 9.59 Å². The third-order valence-electron chi connectivity index (χ3n) is 3.94. The van der Waals surface area contributed by atoms with E-state index in [1.54, 1.807) is 0 Å². The summed E-state index contributed by atoms with van der Waals surface area (Å²) < 4.78 is 0. The Balaban J connectivity index is 1.56. The normalized spacial score (nSPS) is 20.3. The molecule has 21 heavy (non-hydrogen) atoms. The fourth-order valence-electron chi connectivity index (χ4n) is 2.80. The maximum atomic E-state index is 11.7. The minimum Gasteiger partial charge on any atom is -0.353 e. The van der Waals surface area contributed by atoms with Crippen LogP contribution in [0.4, 0.5) is 4.79 Å². The van der Waals surface area contributed by atoms with Gasteiger partial charge in [0.15, 0.2) is 0 Å². The van der Waals surface area contributed by atoms with E-state index in [1.807, 2.05) is 0 Å². The third-order valence-corrected chi connectivity index (χ3v) is 3.94. The van der Waals surface area contributed by atoms with Crippen LogP contribution < -0.4 is 16.0 Å².